The Kier molecular flexibility index (Phi) is 2.95. The first kappa shape index (κ1) is 9.80. The van der Waals surface area contributed by atoms with E-state index in [1.54, 1.807) is 0 Å². The highest BCUT2D eigenvalue weighted by Crippen LogP contribution is 2.27. The van der Waals surface area contributed by atoms with E-state index in [4.69, 9.17) is 5.11 Å². The minimum absolute atomic E-state index is 0.125. The van der Waals surface area contributed by atoms with Gasteiger partial charge in [0.1, 0.15) is 6.04 Å². The molecule has 1 aliphatic rings. The zero-order valence-electron chi connectivity index (χ0n) is 6.56. The molecule has 5 heteroatoms. The summed E-state index contributed by atoms with van der Waals surface area (Å²) in [5, 5.41) is 11.0. The second kappa shape index (κ2) is 3.62. The van der Waals surface area contributed by atoms with E-state index in [0.29, 0.717) is 12.8 Å². The maximum absolute atomic E-state index is 12.1. The number of hydrogen-bond donors (Lipinski definition) is 2. The normalized spacial score (nSPS) is 32.0. The lowest BCUT2D eigenvalue weighted by atomic mass is 9.99. The molecule has 0 aromatic heterocycles. The summed E-state index contributed by atoms with van der Waals surface area (Å²) in [5.41, 5.74) is 0. The molecular formula is C7H12F3NO. The fourth-order valence-corrected chi connectivity index (χ4v) is 1.42. The molecule has 1 rings (SSSR count). The first-order chi connectivity index (χ1) is 5.54. The minimum Gasteiger partial charge on any atom is -0.395 e. The van der Waals surface area contributed by atoms with Crippen molar-refractivity contribution in [1.29, 1.82) is 0 Å². The van der Waals surface area contributed by atoms with Gasteiger partial charge in [-0.2, -0.15) is 13.2 Å². The van der Waals surface area contributed by atoms with Crippen LogP contribution in [0.2, 0.25) is 0 Å². The minimum atomic E-state index is -4.17. The summed E-state index contributed by atoms with van der Waals surface area (Å²) in [7, 11) is 0. The molecule has 1 aliphatic heterocycles. The van der Waals surface area contributed by atoms with Gasteiger partial charge in [0.05, 0.1) is 6.61 Å². The summed E-state index contributed by atoms with van der Waals surface area (Å²) in [6.45, 7) is -0.216. The molecule has 0 aromatic rings. The zero-order valence-corrected chi connectivity index (χ0v) is 6.56. The highest BCUT2D eigenvalue weighted by atomic mass is 19.4. The maximum atomic E-state index is 12.1. The highest BCUT2D eigenvalue weighted by molar-refractivity contribution is 4.84. The maximum Gasteiger partial charge on any atom is 0.403 e. The van der Waals surface area contributed by atoms with Crippen LogP contribution in [-0.2, 0) is 0 Å². The van der Waals surface area contributed by atoms with Gasteiger partial charge in [0, 0.05) is 6.04 Å². The monoisotopic (exact) mass is 183 g/mol. The first-order valence-electron chi connectivity index (χ1n) is 3.97. The van der Waals surface area contributed by atoms with E-state index in [-0.39, 0.29) is 19.1 Å². The van der Waals surface area contributed by atoms with Gasteiger partial charge < -0.3 is 10.4 Å². The van der Waals surface area contributed by atoms with Gasteiger partial charge in [-0.15, -0.1) is 0 Å². The molecule has 72 valence electrons. The fraction of sp³-hybridized carbons (Fsp3) is 1.00. The van der Waals surface area contributed by atoms with Gasteiger partial charge in [0.15, 0.2) is 0 Å². The van der Waals surface area contributed by atoms with Gasteiger partial charge in [-0.05, 0) is 19.3 Å². The van der Waals surface area contributed by atoms with Crippen LogP contribution in [0.5, 0.6) is 0 Å². The summed E-state index contributed by atoms with van der Waals surface area (Å²) >= 11 is 0. The van der Waals surface area contributed by atoms with E-state index in [9.17, 15) is 13.2 Å². The molecule has 12 heavy (non-hydrogen) atoms. The Balaban J connectivity index is 2.46. The van der Waals surface area contributed by atoms with Crippen molar-refractivity contribution in [3.8, 4) is 0 Å². The molecule has 0 amide bonds. The lowest BCUT2D eigenvalue weighted by Gasteiger charge is -2.31. The van der Waals surface area contributed by atoms with Crippen LogP contribution in [0, 0.1) is 0 Å². The Morgan fingerprint density at radius 2 is 2.00 bits per heavy atom. The average molecular weight is 183 g/mol. The Bertz CT molecular complexity index is 148. The lowest BCUT2D eigenvalue weighted by molar-refractivity contribution is -0.163. The van der Waals surface area contributed by atoms with E-state index in [0.717, 1.165) is 0 Å². The van der Waals surface area contributed by atoms with Gasteiger partial charge in [-0.3, -0.25) is 0 Å². The van der Waals surface area contributed by atoms with E-state index >= 15 is 0 Å². The third-order valence-corrected chi connectivity index (χ3v) is 2.10. The number of halogens is 3. The second-order valence-corrected chi connectivity index (χ2v) is 3.07. The predicted octanol–water partition coefficient (Wildman–Crippen LogP) is 1.05. The van der Waals surface area contributed by atoms with Crippen molar-refractivity contribution in [2.75, 3.05) is 6.61 Å². The first-order valence-corrected chi connectivity index (χ1v) is 3.97. The molecule has 0 saturated carbocycles. The van der Waals surface area contributed by atoms with E-state index < -0.39 is 12.2 Å². The summed E-state index contributed by atoms with van der Waals surface area (Å²) in [5.74, 6) is 0. The van der Waals surface area contributed by atoms with E-state index in [1.165, 1.54) is 0 Å². The Morgan fingerprint density at radius 1 is 1.33 bits per heavy atom. The predicted molar refractivity (Wildman–Crippen MR) is 37.7 cm³/mol. The largest absolute Gasteiger partial charge is 0.403 e. The van der Waals surface area contributed by atoms with Crippen LogP contribution in [-0.4, -0.2) is 30.0 Å². The summed E-state index contributed by atoms with van der Waals surface area (Å²) < 4.78 is 36.3. The molecule has 0 bridgehead atoms. The van der Waals surface area contributed by atoms with Crippen molar-refractivity contribution in [3.05, 3.63) is 0 Å². The van der Waals surface area contributed by atoms with Crippen molar-refractivity contribution < 1.29 is 18.3 Å². The lowest BCUT2D eigenvalue weighted by Crippen LogP contribution is -2.51. The summed E-state index contributed by atoms with van der Waals surface area (Å²) in [6.07, 6.45) is -2.89. The molecule has 0 spiro atoms. The third-order valence-electron chi connectivity index (χ3n) is 2.10. The summed E-state index contributed by atoms with van der Waals surface area (Å²) in [4.78, 5) is 0. The molecule has 0 unspecified atom stereocenters. The number of aliphatic hydroxyl groups is 1. The molecule has 1 saturated heterocycles. The molecule has 2 atom stereocenters. The zero-order chi connectivity index (χ0) is 9.19. The number of piperidine rings is 1. The Hall–Kier alpha value is -0.290. The SMILES string of the molecule is OC[C@@H]1CCC[C@@H](C(F)(F)F)N1. The van der Waals surface area contributed by atoms with Crippen LogP contribution >= 0.6 is 0 Å². The van der Waals surface area contributed by atoms with Crippen LogP contribution in [0.3, 0.4) is 0 Å². The third kappa shape index (κ3) is 2.35. The van der Waals surface area contributed by atoms with E-state index in [1.807, 2.05) is 0 Å². The summed E-state index contributed by atoms with van der Waals surface area (Å²) in [6, 6.07) is -1.81. The van der Waals surface area contributed by atoms with Crippen molar-refractivity contribution in [2.24, 2.45) is 0 Å². The fourth-order valence-electron chi connectivity index (χ4n) is 1.42. The highest BCUT2D eigenvalue weighted by Gasteiger charge is 2.41. The smallest absolute Gasteiger partial charge is 0.395 e. The molecule has 0 aliphatic carbocycles. The molecule has 2 N–H and O–H groups in total. The van der Waals surface area contributed by atoms with Crippen LogP contribution in [0.4, 0.5) is 13.2 Å². The van der Waals surface area contributed by atoms with Crippen LogP contribution in [0.25, 0.3) is 0 Å². The Morgan fingerprint density at radius 3 is 2.50 bits per heavy atom. The Labute approximate surface area is 68.8 Å². The number of aliphatic hydroxyl groups excluding tert-OH is 1. The quantitative estimate of drug-likeness (QED) is 0.637. The van der Waals surface area contributed by atoms with E-state index in [2.05, 4.69) is 5.32 Å². The number of alkyl halides is 3. The average Bonchev–Trinajstić information content (AvgIpc) is 2.03. The van der Waals surface area contributed by atoms with Gasteiger partial charge >= 0.3 is 6.18 Å². The molecule has 1 fully saturated rings. The molecule has 1 heterocycles. The van der Waals surface area contributed by atoms with Crippen molar-refractivity contribution in [3.63, 3.8) is 0 Å². The molecular weight excluding hydrogens is 171 g/mol. The van der Waals surface area contributed by atoms with Crippen molar-refractivity contribution in [2.45, 2.75) is 37.5 Å². The van der Waals surface area contributed by atoms with Crippen LogP contribution in [0.15, 0.2) is 0 Å². The number of hydrogen-bond acceptors (Lipinski definition) is 2. The van der Waals surface area contributed by atoms with Gasteiger partial charge in [-0.25, -0.2) is 0 Å². The van der Waals surface area contributed by atoms with Gasteiger partial charge in [-0.1, -0.05) is 0 Å². The van der Waals surface area contributed by atoms with Gasteiger partial charge in [0.2, 0.25) is 0 Å². The topological polar surface area (TPSA) is 32.3 Å². The molecule has 0 aromatic carbocycles. The van der Waals surface area contributed by atoms with Gasteiger partial charge in [0.25, 0.3) is 0 Å². The van der Waals surface area contributed by atoms with Crippen LogP contribution < -0.4 is 5.32 Å². The standard InChI is InChI=1S/C7H12F3NO/c8-7(9,10)6-3-1-2-5(4-12)11-6/h5-6,11-12H,1-4H2/t5-,6-/m0/s1. The molecule has 0 radical (unpaired) electrons. The van der Waals surface area contributed by atoms with Crippen molar-refractivity contribution in [1.82, 2.24) is 5.32 Å². The number of nitrogens with one attached hydrogen (secondary N) is 1. The second-order valence-electron chi connectivity index (χ2n) is 3.07. The van der Waals surface area contributed by atoms with Crippen LogP contribution in [0.1, 0.15) is 19.3 Å². The van der Waals surface area contributed by atoms with Crippen molar-refractivity contribution >= 4 is 0 Å². The molecule has 2 nitrogen and oxygen atoms in total. The number of rotatable bonds is 1.